The molecule has 0 radical (unpaired) electrons. The maximum absolute atomic E-state index is 6.48. The van der Waals surface area contributed by atoms with E-state index in [9.17, 15) is 0 Å². The molecule has 0 fully saturated rings. The summed E-state index contributed by atoms with van der Waals surface area (Å²) in [5.41, 5.74) is 4.56. The summed E-state index contributed by atoms with van der Waals surface area (Å²) in [5, 5.41) is 6.14. The first kappa shape index (κ1) is 25.2. The average Bonchev–Trinajstić information content (AvgIpc) is 3.43. The van der Waals surface area contributed by atoms with Gasteiger partial charge >= 0.3 is 0 Å². The molecule has 2 aromatic carbocycles. The van der Waals surface area contributed by atoms with Gasteiger partial charge in [0.2, 0.25) is 0 Å². The van der Waals surface area contributed by atoms with E-state index in [1.54, 1.807) is 0 Å². The van der Waals surface area contributed by atoms with Crippen LogP contribution in [0.15, 0.2) is 73.3 Å². The molecule has 0 aliphatic rings. The molecule has 6 aromatic rings. The normalized spacial score (nSPS) is 12.1. The number of benzene rings is 2. The molecule has 0 spiro atoms. The molecule has 0 atom stereocenters. The zero-order valence-corrected chi connectivity index (χ0v) is 23.2. The van der Waals surface area contributed by atoms with Crippen molar-refractivity contribution in [2.24, 2.45) is 0 Å². The molecule has 0 aliphatic heterocycles. The molecule has 0 bridgehead atoms. The standard InChI is InChI=1S/C32H32Cl2N4/c1-2-3-4-5-6-7-8-9-32(37-28-12-10-22(33)18-26(28)24-14-16-35-20-30(24)37)38-29-13-11-23(34)19-27(29)25-15-17-36-21-31(25)38/h10-21,32H,2-9H2,1H3. The van der Waals surface area contributed by atoms with Gasteiger partial charge in [0.1, 0.15) is 6.17 Å². The number of aromatic nitrogens is 4. The summed E-state index contributed by atoms with van der Waals surface area (Å²) < 4.78 is 4.93. The van der Waals surface area contributed by atoms with Gasteiger partial charge < -0.3 is 9.13 Å². The van der Waals surface area contributed by atoms with Crippen molar-refractivity contribution < 1.29 is 0 Å². The van der Waals surface area contributed by atoms with Gasteiger partial charge in [-0.2, -0.15) is 0 Å². The molecule has 0 unspecified atom stereocenters. The molecular formula is C32H32Cl2N4. The minimum absolute atomic E-state index is 0.0430. The van der Waals surface area contributed by atoms with E-state index in [4.69, 9.17) is 23.2 Å². The summed E-state index contributed by atoms with van der Waals surface area (Å²) >= 11 is 13.0. The van der Waals surface area contributed by atoms with Crippen LogP contribution < -0.4 is 0 Å². The highest BCUT2D eigenvalue weighted by Crippen LogP contribution is 2.40. The Morgan fingerprint density at radius 2 is 1.11 bits per heavy atom. The maximum Gasteiger partial charge on any atom is 0.111 e. The monoisotopic (exact) mass is 542 g/mol. The molecular weight excluding hydrogens is 511 g/mol. The van der Waals surface area contributed by atoms with E-state index >= 15 is 0 Å². The smallest absolute Gasteiger partial charge is 0.111 e. The minimum Gasteiger partial charge on any atom is -0.318 e. The van der Waals surface area contributed by atoms with E-state index in [0.717, 1.165) is 55.7 Å². The highest BCUT2D eigenvalue weighted by Gasteiger charge is 2.24. The maximum atomic E-state index is 6.48. The van der Waals surface area contributed by atoms with Crippen LogP contribution in [0.5, 0.6) is 0 Å². The molecule has 38 heavy (non-hydrogen) atoms. The summed E-state index contributed by atoms with van der Waals surface area (Å²) in [4.78, 5) is 9.07. The van der Waals surface area contributed by atoms with Crippen molar-refractivity contribution in [1.29, 1.82) is 0 Å². The molecule has 0 amide bonds. The summed E-state index contributed by atoms with van der Waals surface area (Å²) in [6.45, 7) is 2.27. The van der Waals surface area contributed by atoms with Gasteiger partial charge in [-0.1, -0.05) is 68.7 Å². The van der Waals surface area contributed by atoms with E-state index in [1.165, 1.54) is 49.3 Å². The lowest BCUT2D eigenvalue weighted by Gasteiger charge is -2.25. The Morgan fingerprint density at radius 1 is 0.605 bits per heavy atom. The second-order valence-electron chi connectivity index (χ2n) is 10.2. The topological polar surface area (TPSA) is 35.6 Å². The van der Waals surface area contributed by atoms with Crippen LogP contribution in [0.1, 0.15) is 64.5 Å². The fraction of sp³-hybridized carbons (Fsp3) is 0.312. The summed E-state index contributed by atoms with van der Waals surface area (Å²) in [6.07, 6.45) is 17.7. The Hall–Kier alpha value is -3.08. The third-order valence-corrected chi connectivity index (χ3v) is 8.27. The largest absolute Gasteiger partial charge is 0.318 e. The summed E-state index contributed by atoms with van der Waals surface area (Å²) in [7, 11) is 0. The third-order valence-electron chi connectivity index (χ3n) is 7.80. The van der Waals surface area contributed by atoms with Crippen LogP contribution in [-0.2, 0) is 0 Å². The van der Waals surface area contributed by atoms with Crippen molar-refractivity contribution in [3.8, 4) is 0 Å². The molecule has 0 aliphatic carbocycles. The van der Waals surface area contributed by atoms with E-state index in [2.05, 4.69) is 62.4 Å². The van der Waals surface area contributed by atoms with Crippen LogP contribution in [0, 0.1) is 0 Å². The SMILES string of the molecule is CCCCCCCCCC(n1c2ccc(Cl)cc2c2ccncc21)n1c2ccc(Cl)cc2c2ccncc21. The number of unbranched alkanes of at least 4 members (excludes halogenated alkanes) is 6. The van der Waals surface area contributed by atoms with Gasteiger partial charge in [-0.15, -0.1) is 0 Å². The van der Waals surface area contributed by atoms with Crippen LogP contribution in [0.3, 0.4) is 0 Å². The van der Waals surface area contributed by atoms with Crippen LogP contribution in [0.4, 0.5) is 0 Å². The molecule has 6 rings (SSSR count). The van der Waals surface area contributed by atoms with E-state index < -0.39 is 0 Å². The number of halogens is 2. The highest BCUT2D eigenvalue weighted by atomic mass is 35.5. The predicted molar refractivity (Wildman–Crippen MR) is 162 cm³/mol. The highest BCUT2D eigenvalue weighted by molar-refractivity contribution is 6.32. The number of hydrogen-bond acceptors (Lipinski definition) is 2. The van der Waals surface area contributed by atoms with Gasteiger partial charge in [-0.3, -0.25) is 9.97 Å². The minimum atomic E-state index is 0.0430. The first-order chi connectivity index (χ1) is 18.7. The Labute approximate surface area is 233 Å². The number of fused-ring (bicyclic) bond motifs is 6. The Kier molecular flexibility index (Phi) is 7.27. The Balaban J connectivity index is 1.54. The van der Waals surface area contributed by atoms with Crippen LogP contribution in [0.25, 0.3) is 43.6 Å². The summed E-state index contributed by atoms with van der Waals surface area (Å²) in [5.74, 6) is 0. The average molecular weight is 544 g/mol. The second kappa shape index (κ2) is 11.0. The number of nitrogens with zero attached hydrogens (tertiary/aromatic N) is 4. The van der Waals surface area contributed by atoms with E-state index in [0.29, 0.717) is 0 Å². The van der Waals surface area contributed by atoms with E-state index in [1.807, 2.05) is 36.9 Å². The number of pyridine rings is 2. The summed E-state index contributed by atoms with van der Waals surface area (Å²) in [6, 6.07) is 16.6. The molecule has 4 heterocycles. The molecule has 4 nitrogen and oxygen atoms in total. The lowest BCUT2D eigenvalue weighted by atomic mass is 10.1. The number of hydrogen-bond donors (Lipinski definition) is 0. The van der Waals surface area contributed by atoms with Crippen LogP contribution in [-0.4, -0.2) is 19.1 Å². The zero-order valence-electron chi connectivity index (χ0n) is 21.7. The van der Waals surface area contributed by atoms with Crippen molar-refractivity contribution in [1.82, 2.24) is 19.1 Å². The van der Waals surface area contributed by atoms with Gasteiger partial charge in [-0.05, 0) is 61.4 Å². The second-order valence-corrected chi connectivity index (χ2v) is 11.1. The van der Waals surface area contributed by atoms with Gasteiger partial charge in [0.05, 0.1) is 34.5 Å². The lowest BCUT2D eigenvalue weighted by molar-refractivity contribution is 0.418. The van der Waals surface area contributed by atoms with Gasteiger partial charge in [-0.25, -0.2) is 0 Å². The van der Waals surface area contributed by atoms with Gasteiger partial charge in [0.25, 0.3) is 0 Å². The first-order valence-electron chi connectivity index (χ1n) is 13.7. The quantitative estimate of drug-likeness (QED) is 0.161. The molecule has 6 heteroatoms. The van der Waals surface area contributed by atoms with Crippen molar-refractivity contribution in [3.63, 3.8) is 0 Å². The Morgan fingerprint density at radius 3 is 1.63 bits per heavy atom. The Bertz CT molecular complexity index is 1610. The van der Waals surface area contributed by atoms with Crippen molar-refractivity contribution in [2.75, 3.05) is 0 Å². The fourth-order valence-electron chi connectivity index (χ4n) is 6.04. The van der Waals surface area contributed by atoms with Crippen molar-refractivity contribution >= 4 is 66.8 Å². The molecule has 4 aromatic heterocycles. The molecule has 0 saturated heterocycles. The third kappa shape index (κ3) is 4.54. The fourth-order valence-corrected chi connectivity index (χ4v) is 6.38. The van der Waals surface area contributed by atoms with Crippen molar-refractivity contribution in [3.05, 3.63) is 83.4 Å². The molecule has 194 valence electrons. The molecule has 0 saturated carbocycles. The lowest BCUT2D eigenvalue weighted by Crippen LogP contribution is -2.18. The van der Waals surface area contributed by atoms with Gasteiger partial charge in [0.15, 0.2) is 0 Å². The van der Waals surface area contributed by atoms with Crippen LogP contribution in [0.2, 0.25) is 10.0 Å². The van der Waals surface area contributed by atoms with Crippen molar-refractivity contribution in [2.45, 2.75) is 64.5 Å². The zero-order chi connectivity index (χ0) is 26.1. The first-order valence-corrected chi connectivity index (χ1v) is 14.5. The predicted octanol–water partition coefficient (Wildman–Crippen LogP) is 10.2. The van der Waals surface area contributed by atoms with Crippen LogP contribution >= 0.6 is 23.2 Å². The number of rotatable bonds is 10. The van der Waals surface area contributed by atoms with E-state index in [-0.39, 0.29) is 6.17 Å². The molecule has 0 N–H and O–H groups in total. The van der Waals surface area contributed by atoms with Gasteiger partial charge in [0, 0.05) is 44.0 Å².